The molecule has 0 spiro atoms. The first-order valence-electron chi connectivity index (χ1n) is 7.35. The second-order valence-corrected chi connectivity index (χ2v) is 5.78. The van der Waals surface area contributed by atoms with Crippen molar-refractivity contribution in [3.8, 4) is 11.1 Å². The summed E-state index contributed by atoms with van der Waals surface area (Å²) in [4.78, 5) is 17.0. The highest BCUT2D eigenvalue weighted by molar-refractivity contribution is 6.04. The second-order valence-electron chi connectivity index (χ2n) is 5.78. The summed E-state index contributed by atoms with van der Waals surface area (Å²) in [6.07, 6.45) is 5.38. The lowest BCUT2D eigenvalue weighted by Crippen LogP contribution is -2.30. The Balaban J connectivity index is 2.29. The highest BCUT2D eigenvalue weighted by atomic mass is 16.1. The molecule has 0 N–H and O–H groups in total. The van der Waals surface area contributed by atoms with E-state index in [1.165, 1.54) is 0 Å². The minimum Gasteiger partial charge on any atom is -0.293 e. The molecule has 2 rings (SSSR count). The SMILES string of the molecule is C=C(/C=C\C)C(=O)C(C)(C)c1ccc(-c2ccccc2)cn1. The summed E-state index contributed by atoms with van der Waals surface area (Å²) in [6, 6.07) is 14.0. The van der Waals surface area contributed by atoms with E-state index in [2.05, 4.69) is 11.6 Å². The zero-order valence-electron chi connectivity index (χ0n) is 13.3. The summed E-state index contributed by atoms with van der Waals surface area (Å²) in [6.45, 7) is 9.48. The lowest BCUT2D eigenvalue weighted by molar-refractivity contribution is -0.119. The average molecular weight is 291 g/mol. The van der Waals surface area contributed by atoms with Gasteiger partial charge in [-0.05, 0) is 32.4 Å². The molecule has 0 atom stereocenters. The standard InChI is InChI=1S/C20H21NO/c1-5-9-15(2)19(22)20(3,4)18-13-12-17(14-21-18)16-10-7-6-8-11-16/h5-14H,2H2,1,3-4H3/b9-5-. The van der Waals surface area contributed by atoms with Crippen molar-refractivity contribution in [1.82, 2.24) is 4.98 Å². The first kappa shape index (κ1) is 15.9. The fourth-order valence-electron chi connectivity index (χ4n) is 2.36. The van der Waals surface area contributed by atoms with Gasteiger partial charge < -0.3 is 0 Å². The Morgan fingerprint density at radius 3 is 2.32 bits per heavy atom. The van der Waals surface area contributed by atoms with Gasteiger partial charge in [0.25, 0.3) is 0 Å². The van der Waals surface area contributed by atoms with Crippen LogP contribution in [0.5, 0.6) is 0 Å². The second kappa shape index (κ2) is 6.52. The van der Waals surface area contributed by atoms with Crippen molar-refractivity contribution in [3.05, 3.63) is 78.7 Å². The van der Waals surface area contributed by atoms with Crippen LogP contribution in [-0.2, 0) is 10.2 Å². The molecule has 0 aliphatic heterocycles. The van der Waals surface area contributed by atoms with E-state index in [4.69, 9.17) is 0 Å². The number of Topliss-reactive ketones (excluding diaryl/α,β-unsaturated/α-hetero) is 1. The Morgan fingerprint density at radius 1 is 1.09 bits per heavy atom. The molecule has 2 heteroatoms. The predicted octanol–water partition coefficient (Wildman–Crippen LogP) is 4.73. The molecule has 1 heterocycles. The van der Waals surface area contributed by atoms with E-state index >= 15 is 0 Å². The van der Waals surface area contributed by atoms with E-state index in [1.807, 2.05) is 75.5 Å². The van der Waals surface area contributed by atoms with E-state index < -0.39 is 5.41 Å². The average Bonchev–Trinajstić information content (AvgIpc) is 2.55. The van der Waals surface area contributed by atoms with Crippen LogP contribution in [-0.4, -0.2) is 10.8 Å². The molecule has 1 aromatic carbocycles. The number of allylic oxidation sites excluding steroid dienone is 3. The lowest BCUT2D eigenvalue weighted by Gasteiger charge is -2.23. The van der Waals surface area contributed by atoms with Crippen molar-refractivity contribution in [2.24, 2.45) is 0 Å². The normalized spacial score (nSPS) is 11.6. The molecule has 2 nitrogen and oxygen atoms in total. The zero-order valence-corrected chi connectivity index (χ0v) is 13.3. The number of ketones is 1. The van der Waals surface area contributed by atoms with Crippen LogP contribution in [0.25, 0.3) is 11.1 Å². The van der Waals surface area contributed by atoms with Gasteiger partial charge in [0.1, 0.15) is 0 Å². The van der Waals surface area contributed by atoms with Crippen molar-refractivity contribution < 1.29 is 4.79 Å². The Labute approximate surface area is 132 Å². The van der Waals surface area contributed by atoms with Crippen molar-refractivity contribution in [1.29, 1.82) is 0 Å². The quantitative estimate of drug-likeness (QED) is 0.589. The first-order chi connectivity index (χ1) is 10.5. The van der Waals surface area contributed by atoms with Crippen molar-refractivity contribution in [3.63, 3.8) is 0 Å². The third-order valence-electron chi connectivity index (χ3n) is 3.74. The van der Waals surface area contributed by atoms with Gasteiger partial charge >= 0.3 is 0 Å². The molecule has 0 bridgehead atoms. The molecular formula is C20H21NO. The molecule has 0 radical (unpaired) electrons. The number of carbonyl (C=O) groups excluding carboxylic acids is 1. The van der Waals surface area contributed by atoms with E-state index in [0.717, 1.165) is 16.8 Å². The van der Waals surface area contributed by atoms with Crippen LogP contribution in [0.1, 0.15) is 26.5 Å². The third kappa shape index (κ3) is 3.22. The Hall–Kier alpha value is -2.48. The fraction of sp³-hybridized carbons (Fsp3) is 0.200. The fourth-order valence-corrected chi connectivity index (χ4v) is 2.36. The van der Waals surface area contributed by atoms with Gasteiger partial charge in [-0.3, -0.25) is 9.78 Å². The number of aromatic nitrogens is 1. The number of hydrogen-bond donors (Lipinski definition) is 0. The number of hydrogen-bond acceptors (Lipinski definition) is 2. The maximum Gasteiger partial charge on any atom is 0.173 e. The van der Waals surface area contributed by atoms with E-state index in [-0.39, 0.29) is 5.78 Å². The van der Waals surface area contributed by atoms with Crippen LogP contribution >= 0.6 is 0 Å². The van der Waals surface area contributed by atoms with Crippen LogP contribution in [0.3, 0.4) is 0 Å². The molecule has 112 valence electrons. The smallest absolute Gasteiger partial charge is 0.173 e. The summed E-state index contributed by atoms with van der Waals surface area (Å²) < 4.78 is 0. The summed E-state index contributed by atoms with van der Waals surface area (Å²) in [7, 11) is 0. The molecule has 0 saturated carbocycles. The molecule has 2 aromatic rings. The Morgan fingerprint density at radius 2 is 1.77 bits per heavy atom. The van der Waals surface area contributed by atoms with Crippen LogP contribution < -0.4 is 0 Å². The molecule has 0 aliphatic rings. The molecule has 22 heavy (non-hydrogen) atoms. The summed E-state index contributed by atoms with van der Waals surface area (Å²) in [5.74, 6) is -0.00874. The Kier molecular flexibility index (Phi) is 4.71. The first-order valence-corrected chi connectivity index (χ1v) is 7.35. The zero-order chi connectivity index (χ0) is 16.2. The number of nitrogens with zero attached hydrogens (tertiary/aromatic N) is 1. The van der Waals surface area contributed by atoms with Gasteiger partial charge in [-0.25, -0.2) is 0 Å². The van der Waals surface area contributed by atoms with Crippen LogP contribution in [0.2, 0.25) is 0 Å². The number of pyridine rings is 1. The summed E-state index contributed by atoms with van der Waals surface area (Å²) in [5.41, 5.74) is 2.72. The van der Waals surface area contributed by atoms with Gasteiger partial charge in [-0.2, -0.15) is 0 Å². The minimum atomic E-state index is -0.689. The molecular weight excluding hydrogens is 270 g/mol. The van der Waals surface area contributed by atoms with Gasteiger partial charge in [0, 0.05) is 17.3 Å². The summed E-state index contributed by atoms with van der Waals surface area (Å²) >= 11 is 0. The van der Waals surface area contributed by atoms with E-state index in [0.29, 0.717) is 5.57 Å². The van der Waals surface area contributed by atoms with Gasteiger partial charge in [-0.15, -0.1) is 0 Å². The minimum absolute atomic E-state index is 0.00874. The topological polar surface area (TPSA) is 30.0 Å². The van der Waals surface area contributed by atoms with Crippen LogP contribution in [0.4, 0.5) is 0 Å². The molecule has 0 unspecified atom stereocenters. The van der Waals surface area contributed by atoms with Gasteiger partial charge in [0.05, 0.1) is 11.1 Å². The van der Waals surface area contributed by atoms with Crippen molar-refractivity contribution >= 4 is 5.78 Å². The van der Waals surface area contributed by atoms with E-state index in [9.17, 15) is 4.79 Å². The van der Waals surface area contributed by atoms with Crippen LogP contribution in [0, 0.1) is 0 Å². The van der Waals surface area contributed by atoms with Gasteiger partial charge in [0.15, 0.2) is 5.78 Å². The van der Waals surface area contributed by atoms with Crippen LogP contribution in [0.15, 0.2) is 73.0 Å². The highest BCUT2D eigenvalue weighted by Crippen LogP contribution is 2.27. The lowest BCUT2D eigenvalue weighted by atomic mass is 9.80. The summed E-state index contributed by atoms with van der Waals surface area (Å²) in [5, 5.41) is 0. The molecule has 0 aliphatic carbocycles. The number of carbonyl (C=O) groups is 1. The molecule has 0 fully saturated rings. The van der Waals surface area contributed by atoms with Gasteiger partial charge in [-0.1, -0.05) is 55.1 Å². The van der Waals surface area contributed by atoms with Crippen molar-refractivity contribution in [2.75, 3.05) is 0 Å². The monoisotopic (exact) mass is 291 g/mol. The van der Waals surface area contributed by atoms with Crippen molar-refractivity contribution in [2.45, 2.75) is 26.2 Å². The number of rotatable bonds is 5. The largest absolute Gasteiger partial charge is 0.293 e. The molecule has 0 amide bonds. The predicted molar refractivity (Wildman–Crippen MR) is 91.7 cm³/mol. The third-order valence-corrected chi connectivity index (χ3v) is 3.74. The maximum absolute atomic E-state index is 12.5. The Bertz CT molecular complexity index is 694. The van der Waals surface area contributed by atoms with Gasteiger partial charge in [0.2, 0.25) is 0 Å². The molecule has 1 aromatic heterocycles. The molecule has 0 saturated heterocycles. The van der Waals surface area contributed by atoms with E-state index in [1.54, 1.807) is 6.08 Å². The highest BCUT2D eigenvalue weighted by Gasteiger charge is 2.31. The maximum atomic E-state index is 12.5. The number of benzene rings is 1.